The lowest BCUT2D eigenvalue weighted by atomic mass is 9.97. The Hall–Kier alpha value is -1.89. The number of carbonyl (C=O) groups excluding carboxylic acids is 1. The maximum Gasteiger partial charge on any atom is 0.253 e. The van der Waals surface area contributed by atoms with Gasteiger partial charge in [-0.15, -0.1) is 0 Å². The molecular formula is C20H32N4O3. The smallest absolute Gasteiger partial charge is 0.253 e. The summed E-state index contributed by atoms with van der Waals surface area (Å²) in [5.41, 5.74) is 0.741. The maximum absolute atomic E-state index is 13.0. The van der Waals surface area contributed by atoms with Crippen molar-refractivity contribution in [2.24, 2.45) is 0 Å². The van der Waals surface area contributed by atoms with Gasteiger partial charge in [0.1, 0.15) is 5.76 Å². The van der Waals surface area contributed by atoms with Gasteiger partial charge in [0.25, 0.3) is 5.91 Å². The molecule has 0 spiro atoms. The van der Waals surface area contributed by atoms with E-state index in [1.54, 1.807) is 0 Å². The molecule has 0 radical (unpaired) electrons. The van der Waals surface area contributed by atoms with Crippen LogP contribution in [-0.4, -0.2) is 58.6 Å². The summed E-state index contributed by atoms with van der Waals surface area (Å²) in [5.74, 6) is 2.42. The van der Waals surface area contributed by atoms with Gasteiger partial charge in [-0.3, -0.25) is 9.69 Å². The van der Waals surface area contributed by atoms with Crippen LogP contribution in [0.5, 0.6) is 0 Å². The van der Waals surface area contributed by atoms with E-state index in [1.807, 2.05) is 4.90 Å². The SMILES string of the molecule is CCC1=C(C(=O)N2CCCN(Cc3noc(C(C)(C)C)n3)CC2)CCCO1. The molecule has 0 bridgehead atoms. The van der Waals surface area contributed by atoms with Crippen LogP contribution in [0.15, 0.2) is 15.9 Å². The summed E-state index contributed by atoms with van der Waals surface area (Å²) < 4.78 is 11.1. The Labute approximate surface area is 161 Å². The lowest BCUT2D eigenvalue weighted by molar-refractivity contribution is -0.127. The molecule has 1 aromatic rings. The van der Waals surface area contributed by atoms with Crippen LogP contribution in [0.25, 0.3) is 0 Å². The summed E-state index contributed by atoms with van der Waals surface area (Å²) in [7, 11) is 0. The van der Waals surface area contributed by atoms with E-state index in [1.165, 1.54) is 0 Å². The van der Waals surface area contributed by atoms with Crippen LogP contribution in [0.1, 0.15) is 65.1 Å². The topological polar surface area (TPSA) is 71.7 Å². The van der Waals surface area contributed by atoms with Crippen LogP contribution in [0, 0.1) is 0 Å². The van der Waals surface area contributed by atoms with Crippen LogP contribution in [0.4, 0.5) is 0 Å². The average Bonchev–Trinajstić information content (AvgIpc) is 3.00. The Morgan fingerprint density at radius 2 is 1.96 bits per heavy atom. The molecule has 0 saturated carbocycles. The number of amides is 1. The Kier molecular flexibility index (Phi) is 6.19. The summed E-state index contributed by atoms with van der Waals surface area (Å²) >= 11 is 0. The quantitative estimate of drug-likeness (QED) is 0.805. The summed E-state index contributed by atoms with van der Waals surface area (Å²) in [5, 5.41) is 4.12. The van der Waals surface area contributed by atoms with Crippen LogP contribution in [0.2, 0.25) is 0 Å². The van der Waals surface area contributed by atoms with Gasteiger partial charge in [-0.2, -0.15) is 4.98 Å². The molecule has 1 amide bonds. The molecule has 0 unspecified atom stereocenters. The van der Waals surface area contributed by atoms with E-state index in [-0.39, 0.29) is 11.3 Å². The Morgan fingerprint density at radius 3 is 2.67 bits per heavy atom. The summed E-state index contributed by atoms with van der Waals surface area (Å²) in [4.78, 5) is 21.8. The highest BCUT2D eigenvalue weighted by Crippen LogP contribution is 2.24. The van der Waals surface area contributed by atoms with Gasteiger partial charge in [0.05, 0.1) is 18.7 Å². The van der Waals surface area contributed by atoms with Crippen molar-refractivity contribution in [1.29, 1.82) is 0 Å². The van der Waals surface area contributed by atoms with Gasteiger partial charge in [0.15, 0.2) is 5.82 Å². The zero-order valence-electron chi connectivity index (χ0n) is 17.1. The molecule has 3 heterocycles. The average molecular weight is 377 g/mol. The van der Waals surface area contributed by atoms with E-state index in [0.717, 1.165) is 75.6 Å². The van der Waals surface area contributed by atoms with Gasteiger partial charge in [-0.05, 0) is 19.3 Å². The minimum atomic E-state index is -0.139. The van der Waals surface area contributed by atoms with E-state index in [2.05, 4.69) is 42.7 Å². The van der Waals surface area contributed by atoms with Gasteiger partial charge in [0.2, 0.25) is 5.89 Å². The second-order valence-corrected chi connectivity index (χ2v) is 8.39. The van der Waals surface area contributed by atoms with Crippen molar-refractivity contribution in [2.75, 3.05) is 32.8 Å². The van der Waals surface area contributed by atoms with Crippen molar-refractivity contribution in [2.45, 2.75) is 65.3 Å². The van der Waals surface area contributed by atoms with Gasteiger partial charge >= 0.3 is 0 Å². The van der Waals surface area contributed by atoms with Gasteiger partial charge in [-0.25, -0.2) is 0 Å². The third kappa shape index (κ3) is 4.89. The molecule has 3 rings (SSSR count). The fourth-order valence-corrected chi connectivity index (χ4v) is 3.56. The van der Waals surface area contributed by atoms with Crippen LogP contribution in [-0.2, 0) is 21.5 Å². The maximum atomic E-state index is 13.0. The number of nitrogens with zero attached hydrogens (tertiary/aromatic N) is 4. The molecule has 0 N–H and O–H groups in total. The highest BCUT2D eigenvalue weighted by atomic mass is 16.5. The third-order valence-electron chi connectivity index (χ3n) is 5.11. The molecule has 1 saturated heterocycles. The number of hydrogen-bond acceptors (Lipinski definition) is 6. The highest BCUT2D eigenvalue weighted by Gasteiger charge is 2.27. The number of allylic oxidation sites excluding steroid dienone is 1. The van der Waals surface area contributed by atoms with Crippen LogP contribution >= 0.6 is 0 Å². The summed E-state index contributed by atoms with van der Waals surface area (Å²) in [6.45, 7) is 12.9. The Bertz CT molecular complexity index is 690. The van der Waals surface area contributed by atoms with Crippen molar-refractivity contribution < 1.29 is 14.1 Å². The second-order valence-electron chi connectivity index (χ2n) is 8.39. The van der Waals surface area contributed by atoms with Crippen LogP contribution in [0.3, 0.4) is 0 Å². The zero-order valence-corrected chi connectivity index (χ0v) is 17.1. The van der Waals surface area contributed by atoms with Crippen molar-refractivity contribution in [3.8, 4) is 0 Å². The minimum absolute atomic E-state index is 0.139. The first kappa shape index (κ1) is 19.9. The predicted molar refractivity (Wildman–Crippen MR) is 102 cm³/mol. The molecule has 1 fully saturated rings. The Morgan fingerprint density at radius 1 is 1.15 bits per heavy atom. The molecule has 0 atom stereocenters. The molecule has 7 nitrogen and oxygen atoms in total. The molecule has 7 heteroatoms. The lowest BCUT2D eigenvalue weighted by Gasteiger charge is -2.26. The monoisotopic (exact) mass is 376 g/mol. The van der Waals surface area contributed by atoms with Gasteiger partial charge < -0.3 is 14.2 Å². The van der Waals surface area contributed by atoms with Crippen molar-refractivity contribution in [1.82, 2.24) is 19.9 Å². The molecule has 150 valence electrons. The number of aromatic nitrogens is 2. The Balaban J connectivity index is 1.59. The van der Waals surface area contributed by atoms with Gasteiger partial charge in [-0.1, -0.05) is 32.9 Å². The molecule has 2 aliphatic rings. The van der Waals surface area contributed by atoms with E-state index in [0.29, 0.717) is 12.4 Å². The first-order valence-electron chi connectivity index (χ1n) is 10.1. The second kappa shape index (κ2) is 8.42. The van der Waals surface area contributed by atoms with Crippen molar-refractivity contribution in [3.63, 3.8) is 0 Å². The van der Waals surface area contributed by atoms with Crippen molar-refractivity contribution in [3.05, 3.63) is 23.0 Å². The predicted octanol–water partition coefficient (Wildman–Crippen LogP) is 2.88. The summed E-state index contributed by atoms with van der Waals surface area (Å²) in [6, 6.07) is 0. The van der Waals surface area contributed by atoms with E-state index in [9.17, 15) is 4.79 Å². The van der Waals surface area contributed by atoms with E-state index in [4.69, 9.17) is 9.26 Å². The molecular weight excluding hydrogens is 344 g/mol. The first-order valence-corrected chi connectivity index (χ1v) is 10.1. The molecule has 0 aromatic carbocycles. The van der Waals surface area contributed by atoms with Crippen LogP contribution < -0.4 is 0 Å². The number of rotatable bonds is 4. The number of hydrogen-bond donors (Lipinski definition) is 0. The molecule has 1 aromatic heterocycles. The standard InChI is InChI=1S/C20H32N4O3/c1-5-16-15(8-6-13-26-16)18(25)24-10-7-9-23(11-12-24)14-17-21-19(27-22-17)20(2,3)4/h5-14H2,1-4H3. The van der Waals surface area contributed by atoms with Gasteiger partial charge in [0, 0.05) is 38.0 Å². The zero-order chi connectivity index (χ0) is 19.4. The highest BCUT2D eigenvalue weighted by molar-refractivity contribution is 5.94. The normalized spacial score (nSPS) is 19.8. The molecule has 27 heavy (non-hydrogen) atoms. The third-order valence-corrected chi connectivity index (χ3v) is 5.11. The number of ether oxygens (including phenoxy) is 1. The fraction of sp³-hybridized carbons (Fsp3) is 0.750. The summed E-state index contributed by atoms with van der Waals surface area (Å²) in [6.07, 6.45) is 3.50. The van der Waals surface area contributed by atoms with E-state index < -0.39 is 0 Å². The minimum Gasteiger partial charge on any atom is -0.497 e. The molecule has 2 aliphatic heterocycles. The van der Waals surface area contributed by atoms with Crippen molar-refractivity contribution >= 4 is 5.91 Å². The first-order chi connectivity index (χ1) is 12.9. The largest absolute Gasteiger partial charge is 0.497 e. The molecule has 0 aliphatic carbocycles. The lowest BCUT2D eigenvalue weighted by Crippen LogP contribution is -2.37. The fourth-order valence-electron chi connectivity index (χ4n) is 3.56. The van der Waals surface area contributed by atoms with E-state index >= 15 is 0 Å². The number of carbonyl (C=O) groups is 1.